The van der Waals surface area contributed by atoms with Gasteiger partial charge in [-0.3, -0.25) is 0 Å². The van der Waals surface area contributed by atoms with E-state index in [9.17, 15) is 15.0 Å². The smallest absolute Gasteiger partial charge is 0.373 e. The molecule has 0 aromatic carbocycles. The fourth-order valence-electron chi connectivity index (χ4n) is 1.25. The van der Waals surface area contributed by atoms with Crippen LogP contribution in [0, 0.1) is 6.92 Å². The maximum absolute atomic E-state index is 10.7. The predicted molar refractivity (Wildman–Crippen MR) is 47.1 cm³/mol. The molecule has 3 N–H and O–H groups in total. The van der Waals surface area contributed by atoms with Gasteiger partial charge in [0.25, 0.3) is 6.04 Å². The first-order chi connectivity index (χ1) is 6.45. The molecular formula is C9H12NO4+. The van der Waals surface area contributed by atoms with E-state index in [0.29, 0.717) is 5.69 Å². The summed E-state index contributed by atoms with van der Waals surface area (Å²) in [5, 5.41) is 27.5. The zero-order valence-electron chi connectivity index (χ0n) is 7.93. The van der Waals surface area contributed by atoms with Gasteiger partial charge >= 0.3 is 11.8 Å². The van der Waals surface area contributed by atoms with Gasteiger partial charge in [0.15, 0.2) is 5.75 Å². The number of hydrogen-bond donors (Lipinski definition) is 3. The molecule has 0 radical (unpaired) electrons. The number of carboxylic acid groups (broad SMARTS) is 1. The highest BCUT2D eigenvalue weighted by Crippen LogP contribution is 2.17. The van der Waals surface area contributed by atoms with Gasteiger partial charge in [0, 0.05) is 13.8 Å². The molecule has 0 saturated carbocycles. The van der Waals surface area contributed by atoms with Crippen molar-refractivity contribution in [1.29, 1.82) is 0 Å². The van der Waals surface area contributed by atoms with E-state index >= 15 is 0 Å². The van der Waals surface area contributed by atoms with Crippen LogP contribution in [0.1, 0.15) is 18.7 Å². The van der Waals surface area contributed by atoms with E-state index in [1.165, 1.54) is 26.0 Å². The molecule has 0 aliphatic heterocycles. The van der Waals surface area contributed by atoms with Crippen LogP contribution in [-0.4, -0.2) is 21.3 Å². The maximum atomic E-state index is 10.7. The highest BCUT2D eigenvalue weighted by atomic mass is 16.4. The van der Waals surface area contributed by atoms with E-state index < -0.39 is 12.0 Å². The molecule has 0 unspecified atom stereocenters. The number of aromatic nitrogens is 1. The topological polar surface area (TPSA) is 81.6 Å². The molecule has 0 aliphatic carbocycles. The van der Waals surface area contributed by atoms with Gasteiger partial charge in [-0.05, 0) is 6.07 Å². The van der Waals surface area contributed by atoms with Crippen LogP contribution in [-0.2, 0) is 4.79 Å². The Morgan fingerprint density at radius 3 is 2.50 bits per heavy atom. The van der Waals surface area contributed by atoms with Crippen molar-refractivity contribution in [1.82, 2.24) is 0 Å². The van der Waals surface area contributed by atoms with Crippen molar-refractivity contribution in [2.45, 2.75) is 19.9 Å². The lowest BCUT2D eigenvalue weighted by Crippen LogP contribution is -2.44. The summed E-state index contributed by atoms with van der Waals surface area (Å²) in [6.45, 7) is 2.96. The molecule has 0 aliphatic rings. The molecule has 0 bridgehead atoms. The molecule has 1 heterocycles. The number of carboxylic acids is 1. The number of nitrogens with zero attached hydrogens (tertiary/aromatic N) is 1. The quantitative estimate of drug-likeness (QED) is 0.598. The van der Waals surface area contributed by atoms with Gasteiger partial charge in [-0.1, -0.05) is 0 Å². The van der Waals surface area contributed by atoms with Gasteiger partial charge in [-0.25, -0.2) is 4.79 Å². The standard InChI is InChI=1S/C9H11NO4/c1-5-7(11)3-4-8(12)10(5)6(2)9(13)14/h3-4,6H,1-2H3,(H2,11,13,14)/p+1/t6-/m0/s1. The van der Waals surface area contributed by atoms with E-state index in [-0.39, 0.29) is 11.6 Å². The molecule has 76 valence electrons. The average Bonchev–Trinajstić information content (AvgIpc) is 2.12. The summed E-state index contributed by atoms with van der Waals surface area (Å²) in [4.78, 5) is 10.7. The monoisotopic (exact) mass is 198 g/mol. The molecule has 1 aromatic heterocycles. The third-order valence-electron chi connectivity index (χ3n) is 2.11. The molecule has 5 heteroatoms. The summed E-state index contributed by atoms with van der Waals surface area (Å²) >= 11 is 0. The van der Waals surface area contributed by atoms with Crippen LogP contribution in [0.2, 0.25) is 0 Å². The minimum atomic E-state index is -1.07. The zero-order valence-corrected chi connectivity index (χ0v) is 7.93. The van der Waals surface area contributed by atoms with Crippen LogP contribution in [0.15, 0.2) is 12.1 Å². The van der Waals surface area contributed by atoms with Gasteiger partial charge in [-0.15, -0.1) is 4.57 Å². The highest BCUT2D eigenvalue weighted by Gasteiger charge is 2.28. The third-order valence-corrected chi connectivity index (χ3v) is 2.11. The third kappa shape index (κ3) is 1.61. The number of aromatic hydroxyl groups is 2. The Hall–Kier alpha value is -1.78. The van der Waals surface area contributed by atoms with Crippen molar-refractivity contribution in [3.8, 4) is 11.6 Å². The van der Waals surface area contributed by atoms with Crippen molar-refractivity contribution in [2.75, 3.05) is 0 Å². The minimum Gasteiger partial charge on any atom is -0.503 e. The maximum Gasteiger partial charge on any atom is 0.373 e. The first-order valence-corrected chi connectivity index (χ1v) is 4.11. The van der Waals surface area contributed by atoms with E-state index in [0.717, 1.165) is 4.57 Å². The zero-order chi connectivity index (χ0) is 10.9. The lowest BCUT2D eigenvalue weighted by molar-refractivity contribution is -0.718. The second kappa shape index (κ2) is 3.53. The highest BCUT2D eigenvalue weighted by molar-refractivity contribution is 5.69. The fourth-order valence-corrected chi connectivity index (χ4v) is 1.25. The van der Waals surface area contributed by atoms with Crippen LogP contribution >= 0.6 is 0 Å². The van der Waals surface area contributed by atoms with Crippen LogP contribution in [0.3, 0.4) is 0 Å². The molecule has 0 saturated heterocycles. The normalized spacial score (nSPS) is 12.4. The molecule has 1 aromatic rings. The lowest BCUT2D eigenvalue weighted by Gasteiger charge is -2.06. The Morgan fingerprint density at radius 2 is 2.00 bits per heavy atom. The Balaban J connectivity index is 3.32. The minimum absolute atomic E-state index is 0.0455. The summed E-state index contributed by atoms with van der Waals surface area (Å²) in [7, 11) is 0. The Kier molecular flexibility index (Phi) is 2.60. The summed E-state index contributed by atoms with van der Waals surface area (Å²) < 4.78 is 1.15. The van der Waals surface area contributed by atoms with Crippen LogP contribution in [0.5, 0.6) is 11.6 Å². The van der Waals surface area contributed by atoms with Crippen LogP contribution in [0.25, 0.3) is 0 Å². The Morgan fingerprint density at radius 1 is 1.43 bits per heavy atom. The summed E-state index contributed by atoms with van der Waals surface area (Å²) in [5.74, 6) is -1.30. The molecule has 5 nitrogen and oxygen atoms in total. The van der Waals surface area contributed by atoms with E-state index in [1.54, 1.807) is 0 Å². The Labute approximate surface area is 80.9 Å². The molecular weight excluding hydrogens is 186 g/mol. The number of pyridine rings is 1. The van der Waals surface area contributed by atoms with Gasteiger partial charge in [0.1, 0.15) is 0 Å². The molecule has 0 spiro atoms. The molecule has 1 rings (SSSR count). The van der Waals surface area contributed by atoms with Crippen molar-refractivity contribution in [2.24, 2.45) is 0 Å². The Bertz CT molecular complexity index is 375. The van der Waals surface area contributed by atoms with E-state index in [4.69, 9.17) is 5.11 Å². The van der Waals surface area contributed by atoms with Gasteiger partial charge in [0.05, 0.1) is 6.07 Å². The largest absolute Gasteiger partial charge is 0.503 e. The van der Waals surface area contributed by atoms with Crippen molar-refractivity contribution in [3.63, 3.8) is 0 Å². The average molecular weight is 198 g/mol. The van der Waals surface area contributed by atoms with E-state index in [2.05, 4.69) is 0 Å². The van der Waals surface area contributed by atoms with Gasteiger partial charge < -0.3 is 15.3 Å². The molecule has 0 fully saturated rings. The number of carbonyl (C=O) groups is 1. The summed E-state index contributed by atoms with van der Waals surface area (Å²) in [5.41, 5.74) is 0.319. The SMILES string of the molecule is Cc1c(O)ccc(O)[n+]1[C@@H](C)C(=O)O. The second-order valence-electron chi connectivity index (χ2n) is 3.05. The van der Waals surface area contributed by atoms with Gasteiger partial charge in [0.2, 0.25) is 5.69 Å². The summed E-state index contributed by atoms with van der Waals surface area (Å²) in [6, 6.07) is 1.65. The summed E-state index contributed by atoms with van der Waals surface area (Å²) in [6.07, 6.45) is 0. The van der Waals surface area contributed by atoms with Crippen LogP contribution < -0.4 is 4.57 Å². The fraction of sp³-hybridized carbons (Fsp3) is 0.333. The molecule has 14 heavy (non-hydrogen) atoms. The first-order valence-electron chi connectivity index (χ1n) is 4.11. The van der Waals surface area contributed by atoms with Crippen molar-refractivity contribution in [3.05, 3.63) is 17.8 Å². The first kappa shape index (κ1) is 10.3. The predicted octanol–water partition coefficient (Wildman–Crippen LogP) is 0.339. The van der Waals surface area contributed by atoms with Crippen LogP contribution in [0.4, 0.5) is 0 Å². The van der Waals surface area contributed by atoms with E-state index in [1.807, 2.05) is 0 Å². The number of aliphatic carboxylic acids is 1. The lowest BCUT2D eigenvalue weighted by atomic mass is 10.2. The molecule has 1 atom stereocenters. The van der Waals surface area contributed by atoms with Gasteiger partial charge in [-0.2, -0.15) is 0 Å². The number of hydrogen-bond acceptors (Lipinski definition) is 3. The number of rotatable bonds is 2. The van der Waals surface area contributed by atoms with Crippen molar-refractivity contribution >= 4 is 5.97 Å². The molecule has 0 amide bonds. The van der Waals surface area contributed by atoms with Crippen molar-refractivity contribution < 1.29 is 24.7 Å². The second-order valence-corrected chi connectivity index (χ2v) is 3.05.